The lowest BCUT2D eigenvalue weighted by Crippen LogP contribution is -2.58. The molecule has 2 heterocycles. The minimum atomic E-state index is -5.14. The largest absolute Gasteiger partial charge is 0.452 e. The summed E-state index contributed by atoms with van der Waals surface area (Å²) >= 11 is 0. The van der Waals surface area contributed by atoms with E-state index in [-0.39, 0.29) is 29.9 Å². The molecule has 0 unspecified atom stereocenters. The van der Waals surface area contributed by atoms with Crippen LogP contribution in [0.4, 0.5) is 22.0 Å². The summed E-state index contributed by atoms with van der Waals surface area (Å²) in [6, 6.07) is -1.19. The molecule has 1 fully saturated rings. The lowest BCUT2D eigenvalue weighted by molar-refractivity contribution is -0.175. The van der Waals surface area contributed by atoms with Gasteiger partial charge in [0.15, 0.2) is 5.82 Å². The zero-order chi connectivity index (χ0) is 30.8. The highest BCUT2D eigenvalue weighted by Crippen LogP contribution is 2.25. The number of alkyl halides is 3. The van der Waals surface area contributed by atoms with Crippen molar-refractivity contribution in [3.05, 3.63) is 47.3 Å². The maximum Gasteiger partial charge on any atom is 0.452 e. The summed E-state index contributed by atoms with van der Waals surface area (Å²) in [4.78, 5) is 52.8. The molecule has 0 radical (unpaired) electrons. The van der Waals surface area contributed by atoms with Crippen LogP contribution >= 0.6 is 0 Å². The molecule has 1 aliphatic rings. The molecule has 1 aliphatic heterocycles. The first-order valence-corrected chi connectivity index (χ1v) is 13.1. The molecule has 224 valence electrons. The topological polar surface area (TPSA) is 113 Å². The van der Waals surface area contributed by atoms with Gasteiger partial charge in [-0.1, -0.05) is 27.7 Å². The second-order valence-electron chi connectivity index (χ2n) is 10.6. The zero-order valence-electron chi connectivity index (χ0n) is 23.2. The summed E-state index contributed by atoms with van der Waals surface area (Å²) in [5, 5.41) is 8.80. The second-order valence-corrected chi connectivity index (χ2v) is 10.6. The van der Waals surface area contributed by atoms with Gasteiger partial charge in [0, 0.05) is 12.6 Å². The Balaban J connectivity index is 1.79. The van der Waals surface area contributed by atoms with Crippen molar-refractivity contribution in [3.63, 3.8) is 0 Å². The van der Waals surface area contributed by atoms with Crippen LogP contribution in [-0.2, 0) is 14.4 Å². The Morgan fingerprint density at radius 3 is 2.20 bits per heavy atom. The normalized spacial score (nSPS) is 17.1. The monoisotopic (exact) mass is 585 g/mol. The lowest BCUT2D eigenvalue weighted by atomic mass is 9.98. The Bertz CT molecular complexity index is 1320. The van der Waals surface area contributed by atoms with Crippen LogP contribution in [0.25, 0.3) is 5.69 Å². The Labute approximate surface area is 233 Å². The van der Waals surface area contributed by atoms with E-state index in [2.05, 4.69) is 15.7 Å². The van der Waals surface area contributed by atoms with E-state index >= 15 is 0 Å². The fraction of sp³-hybridized carbons (Fsp3) is 0.519. The number of ketones is 1. The molecule has 1 saturated heterocycles. The highest BCUT2D eigenvalue weighted by Gasteiger charge is 2.46. The molecule has 14 heteroatoms. The van der Waals surface area contributed by atoms with Crippen molar-refractivity contribution in [3.8, 4) is 5.69 Å². The highest BCUT2D eigenvalue weighted by molar-refractivity contribution is 6.00. The molecule has 41 heavy (non-hydrogen) atoms. The molecule has 0 spiro atoms. The van der Waals surface area contributed by atoms with E-state index in [4.69, 9.17) is 0 Å². The third-order valence-electron chi connectivity index (χ3n) is 6.98. The number of Topliss-reactive ketones (excluding diaryl/α,β-unsaturated/α-hetero) is 1. The third-order valence-corrected chi connectivity index (χ3v) is 6.98. The number of amides is 3. The van der Waals surface area contributed by atoms with Gasteiger partial charge in [-0.3, -0.25) is 19.2 Å². The van der Waals surface area contributed by atoms with Gasteiger partial charge in [-0.2, -0.15) is 18.3 Å². The van der Waals surface area contributed by atoms with Crippen molar-refractivity contribution in [2.75, 3.05) is 6.54 Å². The highest BCUT2D eigenvalue weighted by atomic mass is 19.4. The SMILES string of the molecule is Cc1c(C(=O)N[C@H](C(=O)N2CCC[C@H]2C(=O)N[C@H](C(=O)C(F)(F)F)C(C)C)C(C)C)cnn1-c1ccc(F)cc1F. The minimum Gasteiger partial charge on any atom is -0.344 e. The fourth-order valence-corrected chi connectivity index (χ4v) is 4.70. The van der Waals surface area contributed by atoms with E-state index in [0.717, 1.165) is 16.8 Å². The van der Waals surface area contributed by atoms with Gasteiger partial charge in [-0.05, 0) is 43.7 Å². The number of carbonyl (C=O) groups is 4. The van der Waals surface area contributed by atoms with E-state index in [1.165, 1.54) is 31.9 Å². The third kappa shape index (κ3) is 6.91. The quantitative estimate of drug-likeness (QED) is 0.438. The van der Waals surface area contributed by atoms with Gasteiger partial charge < -0.3 is 15.5 Å². The number of nitrogens with zero attached hydrogens (tertiary/aromatic N) is 3. The molecule has 0 saturated carbocycles. The fourth-order valence-electron chi connectivity index (χ4n) is 4.70. The van der Waals surface area contributed by atoms with Crippen LogP contribution in [0.2, 0.25) is 0 Å². The van der Waals surface area contributed by atoms with E-state index in [0.29, 0.717) is 12.5 Å². The number of aromatic nitrogens is 2. The molecule has 1 aromatic carbocycles. The van der Waals surface area contributed by atoms with Crippen molar-refractivity contribution in [1.29, 1.82) is 0 Å². The Kier molecular flexibility index (Phi) is 9.54. The van der Waals surface area contributed by atoms with Gasteiger partial charge in [0.2, 0.25) is 11.8 Å². The maximum absolute atomic E-state index is 14.3. The van der Waals surface area contributed by atoms with E-state index in [1.54, 1.807) is 13.8 Å². The van der Waals surface area contributed by atoms with Crippen LogP contribution in [0.15, 0.2) is 24.4 Å². The summed E-state index contributed by atoms with van der Waals surface area (Å²) in [6.45, 7) is 7.67. The molecule has 1 aromatic heterocycles. The standard InChI is InChI=1S/C27H32F5N5O4/c1-13(2)21(23(38)27(30,31)32)34-25(40)20-7-6-10-36(20)26(41)22(14(3)4)35-24(39)17-12-33-37(15(17)5)19-9-8-16(28)11-18(19)29/h8-9,11-14,20-22H,6-7,10H2,1-5H3,(H,34,40)(H,35,39)/t20-,21-,22-/m0/s1. The minimum absolute atomic E-state index is 0.0216. The molecule has 2 aromatic rings. The van der Waals surface area contributed by atoms with Crippen molar-refractivity contribution in [1.82, 2.24) is 25.3 Å². The summed E-state index contributed by atoms with van der Waals surface area (Å²) in [5.74, 6) is -7.30. The van der Waals surface area contributed by atoms with E-state index in [1.807, 2.05) is 0 Å². The van der Waals surface area contributed by atoms with Crippen LogP contribution in [0.1, 0.15) is 56.6 Å². The second kappa shape index (κ2) is 12.4. The molecule has 0 bridgehead atoms. The average Bonchev–Trinajstić information content (AvgIpc) is 3.51. The van der Waals surface area contributed by atoms with Gasteiger partial charge in [-0.25, -0.2) is 13.5 Å². The molecular formula is C27H32F5N5O4. The molecule has 3 atom stereocenters. The van der Waals surface area contributed by atoms with E-state index < -0.39 is 71.3 Å². The molecule has 3 amide bonds. The molecule has 3 rings (SSSR count). The first-order valence-electron chi connectivity index (χ1n) is 13.1. The first-order chi connectivity index (χ1) is 19.0. The number of rotatable bonds is 9. The Morgan fingerprint density at radius 2 is 1.63 bits per heavy atom. The zero-order valence-corrected chi connectivity index (χ0v) is 23.2. The lowest BCUT2D eigenvalue weighted by Gasteiger charge is -2.31. The van der Waals surface area contributed by atoms with Gasteiger partial charge >= 0.3 is 6.18 Å². The first kappa shape index (κ1) is 31.7. The summed E-state index contributed by atoms with van der Waals surface area (Å²) in [5.41, 5.74) is 0.151. The molecule has 2 N–H and O–H groups in total. The van der Waals surface area contributed by atoms with Gasteiger partial charge in [0.25, 0.3) is 11.7 Å². The number of nitrogens with one attached hydrogen (secondary N) is 2. The average molecular weight is 586 g/mol. The number of benzene rings is 1. The summed E-state index contributed by atoms with van der Waals surface area (Å²) in [7, 11) is 0. The van der Waals surface area contributed by atoms with Crippen LogP contribution in [0, 0.1) is 30.4 Å². The van der Waals surface area contributed by atoms with Crippen molar-refractivity contribution >= 4 is 23.5 Å². The molecule has 9 nitrogen and oxygen atoms in total. The van der Waals surface area contributed by atoms with Crippen LogP contribution in [0.5, 0.6) is 0 Å². The predicted octanol–water partition coefficient (Wildman–Crippen LogP) is 3.48. The van der Waals surface area contributed by atoms with Crippen molar-refractivity contribution in [2.24, 2.45) is 11.8 Å². The van der Waals surface area contributed by atoms with Gasteiger partial charge in [-0.15, -0.1) is 0 Å². The number of hydrogen-bond acceptors (Lipinski definition) is 5. The molecule has 0 aliphatic carbocycles. The van der Waals surface area contributed by atoms with Crippen LogP contribution in [-0.4, -0.2) is 69.0 Å². The predicted molar refractivity (Wildman–Crippen MR) is 137 cm³/mol. The van der Waals surface area contributed by atoms with Crippen LogP contribution < -0.4 is 10.6 Å². The Hall–Kier alpha value is -3.84. The number of hydrogen-bond donors (Lipinski definition) is 2. The number of carbonyl (C=O) groups excluding carboxylic acids is 4. The van der Waals surface area contributed by atoms with Gasteiger partial charge in [0.05, 0.1) is 23.5 Å². The van der Waals surface area contributed by atoms with Crippen LogP contribution in [0.3, 0.4) is 0 Å². The smallest absolute Gasteiger partial charge is 0.344 e. The number of likely N-dealkylation sites (tertiary alicyclic amines) is 1. The Morgan fingerprint density at radius 1 is 1.00 bits per heavy atom. The van der Waals surface area contributed by atoms with Crippen molar-refractivity contribution in [2.45, 2.75) is 71.8 Å². The summed E-state index contributed by atoms with van der Waals surface area (Å²) < 4.78 is 67.9. The summed E-state index contributed by atoms with van der Waals surface area (Å²) in [6.07, 6.45) is -3.42. The number of halogens is 5. The van der Waals surface area contributed by atoms with E-state index in [9.17, 15) is 41.1 Å². The molecular weight excluding hydrogens is 553 g/mol. The maximum atomic E-state index is 14.3. The van der Waals surface area contributed by atoms with Gasteiger partial charge in [0.1, 0.15) is 23.6 Å². The van der Waals surface area contributed by atoms with Crippen molar-refractivity contribution < 1.29 is 41.1 Å².